The highest BCUT2D eigenvalue weighted by Gasteiger charge is 2.43. The van der Waals surface area contributed by atoms with E-state index in [4.69, 9.17) is 4.74 Å². The van der Waals surface area contributed by atoms with E-state index in [1.165, 1.54) is 0 Å². The number of rotatable bonds is 5. The molecule has 2 aromatic rings. The maximum Gasteiger partial charge on any atom is 0.339 e. The highest BCUT2D eigenvalue weighted by atomic mass is 32.1. The van der Waals surface area contributed by atoms with Gasteiger partial charge >= 0.3 is 5.97 Å². The maximum absolute atomic E-state index is 12.7. The molecule has 0 spiro atoms. The lowest BCUT2D eigenvalue weighted by Crippen LogP contribution is -2.50. The number of carbonyl (C=O) groups is 2. The first-order valence-corrected chi connectivity index (χ1v) is 11.6. The third kappa shape index (κ3) is 3.64. The van der Waals surface area contributed by atoms with Crippen LogP contribution in [0.4, 0.5) is 0 Å². The SMILES string of the molecule is CC1(C)OC(=O)c2ccc(-c3ccc(C[C@@H](C#N)NC(=O)C4NC5CCC4C5)s3)cc21. The Morgan fingerprint density at radius 3 is 2.90 bits per heavy atom. The first-order valence-electron chi connectivity index (χ1n) is 10.8. The van der Waals surface area contributed by atoms with Crippen molar-refractivity contribution in [1.82, 2.24) is 10.6 Å². The van der Waals surface area contributed by atoms with Crippen molar-refractivity contribution in [1.29, 1.82) is 5.26 Å². The number of ether oxygens (including phenoxy) is 1. The Morgan fingerprint density at radius 1 is 1.35 bits per heavy atom. The van der Waals surface area contributed by atoms with Crippen LogP contribution in [0, 0.1) is 17.2 Å². The molecule has 1 amide bonds. The third-order valence-electron chi connectivity index (χ3n) is 6.70. The number of fused-ring (bicyclic) bond motifs is 3. The van der Waals surface area contributed by atoms with Crippen LogP contribution < -0.4 is 10.6 Å². The van der Waals surface area contributed by atoms with Gasteiger partial charge in [-0.1, -0.05) is 6.07 Å². The Balaban J connectivity index is 1.28. The van der Waals surface area contributed by atoms with Crippen molar-refractivity contribution < 1.29 is 14.3 Å². The molecule has 3 aliphatic rings. The molecule has 1 aromatic heterocycles. The summed E-state index contributed by atoms with van der Waals surface area (Å²) in [4.78, 5) is 26.8. The second-order valence-electron chi connectivity index (χ2n) is 9.23. The number of piperidine rings is 1. The first-order chi connectivity index (χ1) is 14.8. The number of amides is 1. The summed E-state index contributed by atoms with van der Waals surface area (Å²) in [5.74, 6) is 0.0645. The Bertz CT molecular complexity index is 1100. The van der Waals surface area contributed by atoms with Gasteiger partial charge in [0, 0.05) is 27.8 Å². The van der Waals surface area contributed by atoms with E-state index in [1.54, 1.807) is 11.3 Å². The number of nitrogens with one attached hydrogen (secondary N) is 2. The molecule has 2 N–H and O–H groups in total. The number of hydrogen-bond acceptors (Lipinski definition) is 6. The lowest BCUT2D eigenvalue weighted by molar-refractivity contribution is -0.124. The predicted molar refractivity (Wildman–Crippen MR) is 117 cm³/mol. The normalized spacial score (nSPS) is 26.2. The Labute approximate surface area is 185 Å². The summed E-state index contributed by atoms with van der Waals surface area (Å²) in [5, 5.41) is 15.9. The summed E-state index contributed by atoms with van der Waals surface area (Å²) in [6.07, 6.45) is 3.79. The molecule has 3 heterocycles. The zero-order valence-corrected chi connectivity index (χ0v) is 18.4. The molecule has 6 nitrogen and oxygen atoms in total. The van der Waals surface area contributed by atoms with E-state index < -0.39 is 11.6 Å². The molecule has 4 atom stereocenters. The van der Waals surface area contributed by atoms with Crippen LogP contribution in [0.2, 0.25) is 0 Å². The van der Waals surface area contributed by atoms with Crippen LogP contribution in [0.25, 0.3) is 10.4 Å². The van der Waals surface area contributed by atoms with Gasteiger partial charge in [0.2, 0.25) is 5.91 Å². The van der Waals surface area contributed by atoms with Gasteiger partial charge in [-0.05, 0) is 68.9 Å². The summed E-state index contributed by atoms with van der Waals surface area (Å²) < 4.78 is 5.46. The van der Waals surface area contributed by atoms with E-state index in [-0.39, 0.29) is 17.9 Å². The molecule has 160 valence electrons. The van der Waals surface area contributed by atoms with Gasteiger partial charge in [-0.2, -0.15) is 5.26 Å². The maximum atomic E-state index is 12.7. The summed E-state index contributed by atoms with van der Waals surface area (Å²) >= 11 is 1.60. The van der Waals surface area contributed by atoms with Crippen LogP contribution in [0.15, 0.2) is 30.3 Å². The van der Waals surface area contributed by atoms with Crippen LogP contribution in [0.3, 0.4) is 0 Å². The molecule has 7 heteroatoms. The quantitative estimate of drug-likeness (QED) is 0.702. The summed E-state index contributed by atoms with van der Waals surface area (Å²) in [5.41, 5.74) is 1.90. The average molecular weight is 436 g/mol. The zero-order chi connectivity index (χ0) is 21.8. The number of nitrogens with zero attached hydrogens (tertiary/aromatic N) is 1. The summed E-state index contributed by atoms with van der Waals surface area (Å²) in [6, 6.07) is 11.8. The highest BCUT2D eigenvalue weighted by Crippen LogP contribution is 2.39. The van der Waals surface area contributed by atoms with Gasteiger partial charge in [-0.25, -0.2) is 4.79 Å². The summed E-state index contributed by atoms with van der Waals surface area (Å²) in [7, 11) is 0. The molecule has 0 radical (unpaired) electrons. The Kier molecular flexibility index (Phi) is 4.87. The monoisotopic (exact) mass is 435 g/mol. The predicted octanol–water partition coefficient (Wildman–Crippen LogP) is 3.51. The fourth-order valence-corrected chi connectivity index (χ4v) is 6.15. The second-order valence-corrected chi connectivity index (χ2v) is 10.4. The van der Waals surface area contributed by atoms with E-state index in [0.29, 0.717) is 23.9 Å². The van der Waals surface area contributed by atoms with Crippen molar-refractivity contribution in [2.45, 2.75) is 63.3 Å². The van der Waals surface area contributed by atoms with Gasteiger partial charge < -0.3 is 15.4 Å². The molecule has 31 heavy (non-hydrogen) atoms. The minimum Gasteiger partial charge on any atom is -0.451 e. The largest absolute Gasteiger partial charge is 0.451 e. The molecule has 2 aliphatic heterocycles. The van der Waals surface area contributed by atoms with Crippen LogP contribution in [-0.2, 0) is 21.6 Å². The van der Waals surface area contributed by atoms with Gasteiger partial charge in [0.25, 0.3) is 0 Å². The zero-order valence-electron chi connectivity index (χ0n) is 17.6. The van der Waals surface area contributed by atoms with Crippen LogP contribution >= 0.6 is 11.3 Å². The third-order valence-corrected chi connectivity index (χ3v) is 7.86. The van der Waals surface area contributed by atoms with Crippen molar-refractivity contribution in [3.05, 3.63) is 46.3 Å². The fraction of sp³-hybridized carbons (Fsp3) is 0.458. The minimum atomic E-state index is -0.633. The molecule has 2 fully saturated rings. The van der Waals surface area contributed by atoms with E-state index >= 15 is 0 Å². The van der Waals surface area contributed by atoms with E-state index in [2.05, 4.69) is 16.7 Å². The molecular weight excluding hydrogens is 410 g/mol. The molecule has 1 saturated heterocycles. The fourth-order valence-electron chi connectivity index (χ4n) is 5.10. The molecule has 3 unspecified atom stereocenters. The second kappa shape index (κ2) is 7.47. The van der Waals surface area contributed by atoms with Crippen molar-refractivity contribution in [2.24, 2.45) is 5.92 Å². The standard InChI is InChI=1S/C24H25N3O3S/c1-24(2)19-10-13(4-7-18(19)23(29)30-24)20-8-6-17(31-20)11-16(12-25)27-22(28)21-14-3-5-15(9-14)26-21/h4,6-8,10,14-16,21,26H,3,5,9,11H2,1-2H3,(H,27,28)/t14?,15?,16-,21?/m0/s1. The summed E-state index contributed by atoms with van der Waals surface area (Å²) in [6.45, 7) is 3.79. The number of carbonyl (C=O) groups excluding carboxylic acids is 2. The van der Waals surface area contributed by atoms with Crippen molar-refractivity contribution in [3.63, 3.8) is 0 Å². The number of hydrogen-bond donors (Lipinski definition) is 2. The van der Waals surface area contributed by atoms with Gasteiger partial charge in [-0.15, -0.1) is 11.3 Å². The molecule has 1 aromatic carbocycles. The smallest absolute Gasteiger partial charge is 0.339 e. The topological polar surface area (TPSA) is 91.2 Å². The number of benzene rings is 1. The van der Waals surface area contributed by atoms with Gasteiger partial charge in [0.15, 0.2) is 0 Å². The van der Waals surface area contributed by atoms with Crippen molar-refractivity contribution in [2.75, 3.05) is 0 Å². The van der Waals surface area contributed by atoms with Crippen LogP contribution in [0.5, 0.6) is 0 Å². The number of thiophene rings is 1. The molecule has 1 saturated carbocycles. The number of nitriles is 1. The number of cyclic esters (lactones) is 1. The van der Waals surface area contributed by atoms with E-state index in [9.17, 15) is 14.9 Å². The highest BCUT2D eigenvalue weighted by molar-refractivity contribution is 7.15. The van der Waals surface area contributed by atoms with E-state index in [0.717, 1.165) is 40.1 Å². The molecule has 2 bridgehead atoms. The molecular formula is C24H25N3O3S. The van der Waals surface area contributed by atoms with Gasteiger partial charge in [-0.3, -0.25) is 4.79 Å². The minimum absolute atomic E-state index is 0.0546. The van der Waals surface area contributed by atoms with Gasteiger partial charge in [0.1, 0.15) is 11.6 Å². The average Bonchev–Trinajstić information content (AvgIpc) is 3.52. The lowest BCUT2D eigenvalue weighted by atomic mass is 9.94. The Hall–Kier alpha value is -2.69. The van der Waals surface area contributed by atoms with Crippen molar-refractivity contribution in [3.8, 4) is 16.5 Å². The molecule has 5 rings (SSSR count). The lowest BCUT2D eigenvalue weighted by Gasteiger charge is -2.23. The Morgan fingerprint density at radius 2 is 2.19 bits per heavy atom. The van der Waals surface area contributed by atoms with Crippen molar-refractivity contribution >= 4 is 23.2 Å². The van der Waals surface area contributed by atoms with Crippen LogP contribution in [0.1, 0.15) is 53.9 Å². The molecule has 1 aliphatic carbocycles. The van der Waals surface area contributed by atoms with Gasteiger partial charge in [0.05, 0.1) is 17.7 Å². The number of esters is 1. The first kappa shape index (κ1) is 20.2. The van der Waals surface area contributed by atoms with E-state index in [1.807, 2.05) is 44.2 Å². The van der Waals surface area contributed by atoms with Crippen LogP contribution in [-0.4, -0.2) is 30.0 Å².